The highest BCUT2D eigenvalue weighted by molar-refractivity contribution is 5.71. The number of rotatable bonds is 52. The van der Waals surface area contributed by atoms with E-state index < -0.39 is 6.10 Å². The maximum Gasteiger partial charge on any atom is 0.306 e. The Morgan fingerprint density at radius 1 is 0.302 bits per heavy atom. The van der Waals surface area contributed by atoms with Crippen molar-refractivity contribution in [3.63, 3.8) is 0 Å². The molecule has 0 aromatic carbocycles. The van der Waals surface area contributed by atoms with Crippen LogP contribution in [-0.4, -0.2) is 37.2 Å². The van der Waals surface area contributed by atoms with Gasteiger partial charge in [0.1, 0.15) is 13.2 Å². The number of carbonyl (C=O) groups excluding carboxylic acids is 3. The van der Waals surface area contributed by atoms with Crippen molar-refractivity contribution < 1.29 is 28.6 Å². The molecule has 0 fully saturated rings. The second-order valence-corrected chi connectivity index (χ2v) is 19.2. The molecule has 1 atom stereocenters. The summed E-state index contributed by atoms with van der Waals surface area (Å²) in [5, 5.41) is 0. The molecule has 0 aliphatic rings. The molecule has 0 spiro atoms. The lowest BCUT2D eigenvalue weighted by Crippen LogP contribution is -2.30. The van der Waals surface area contributed by atoms with E-state index in [9.17, 15) is 14.4 Å². The second-order valence-electron chi connectivity index (χ2n) is 19.2. The molecule has 0 saturated heterocycles. The number of unbranched alkanes of at least 4 members (excludes halogenated alkanes) is 39. The van der Waals surface area contributed by atoms with Crippen LogP contribution in [0.2, 0.25) is 0 Å². The van der Waals surface area contributed by atoms with Gasteiger partial charge in [-0.15, -0.1) is 0 Å². The quantitative estimate of drug-likeness (QED) is 0.0262. The number of allylic oxidation sites excluding steroid dienone is 2. The van der Waals surface area contributed by atoms with Crippen LogP contribution in [0.15, 0.2) is 12.2 Å². The predicted molar refractivity (Wildman–Crippen MR) is 270 cm³/mol. The summed E-state index contributed by atoms with van der Waals surface area (Å²) in [6.07, 6.45) is 59.1. The van der Waals surface area contributed by atoms with Gasteiger partial charge in [-0.3, -0.25) is 14.4 Å². The van der Waals surface area contributed by atoms with Gasteiger partial charge >= 0.3 is 17.9 Å². The zero-order valence-corrected chi connectivity index (χ0v) is 42.6. The molecule has 0 bridgehead atoms. The van der Waals surface area contributed by atoms with E-state index in [2.05, 4.69) is 32.9 Å². The van der Waals surface area contributed by atoms with E-state index >= 15 is 0 Å². The molecular formula is C57H108O6. The van der Waals surface area contributed by atoms with Crippen molar-refractivity contribution in [3.05, 3.63) is 12.2 Å². The molecule has 6 heteroatoms. The predicted octanol–water partition coefficient (Wildman–Crippen LogP) is 18.5. The van der Waals surface area contributed by atoms with Gasteiger partial charge in [0.15, 0.2) is 6.10 Å². The molecule has 0 radical (unpaired) electrons. The van der Waals surface area contributed by atoms with Crippen molar-refractivity contribution in [1.29, 1.82) is 0 Å². The first-order valence-electron chi connectivity index (χ1n) is 28.2. The first kappa shape index (κ1) is 61.1. The first-order chi connectivity index (χ1) is 31.0. The fraction of sp³-hybridized carbons (Fsp3) is 0.912. The molecule has 0 aliphatic heterocycles. The third-order valence-electron chi connectivity index (χ3n) is 12.8. The molecule has 372 valence electrons. The van der Waals surface area contributed by atoms with Gasteiger partial charge in [-0.1, -0.05) is 264 Å². The van der Waals surface area contributed by atoms with Gasteiger partial charge < -0.3 is 14.2 Å². The molecule has 1 unspecified atom stereocenters. The number of esters is 3. The number of hydrogen-bond donors (Lipinski definition) is 0. The van der Waals surface area contributed by atoms with Crippen LogP contribution in [0.1, 0.15) is 316 Å². The Morgan fingerprint density at radius 2 is 0.524 bits per heavy atom. The minimum atomic E-state index is -0.765. The number of carbonyl (C=O) groups is 3. The number of hydrogen-bond acceptors (Lipinski definition) is 6. The standard InChI is InChI=1S/C57H108O6/c1-4-7-10-13-16-19-22-25-28-29-30-33-35-38-41-44-47-50-56(59)62-53-54(63-57(60)51-48-45-42-39-36-32-27-24-21-18-15-12-9-6-3)52-61-55(58)49-46-43-40-37-34-31-26-23-20-17-14-11-8-5-2/h25,28,54H,4-24,26-27,29-53H2,1-3H3/b28-25-. The van der Waals surface area contributed by atoms with E-state index in [1.54, 1.807) is 0 Å². The lowest BCUT2D eigenvalue weighted by Gasteiger charge is -2.18. The zero-order valence-electron chi connectivity index (χ0n) is 42.6. The van der Waals surface area contributed by atoms with Gasteiger partial charge in [0, 0.05) is 19.3 Å². The summed E-state index contributed by atoms with van der Waals surface area (Å²) in [6, 6.07) is 0. The van der Waals surface area contributed by atoms with Gasteiger partial charge in [0.25, 0.3) is 0 Å². The van der Waals surface area contributed by atoms with Crippen LogP contribution in [0.25, 0.3) is 0 Å². The van der Waals surface area contributed by atoms with Crippen LogP contribution in [0.3, 0.4) is 0 Å². The molecule has 0 rings (SSSR count). The zero-order chi connectivity index (χ0) is 45.8. The average molecular weight is 889 g/mol. The Balaban J connectivity index is 4.31. The summed E-state index contributed by atoms with van der Waals surface area (Å²) in [5.74, 6) is -0.847. The Bertz CT molecular complexity index is 978. The van der Waals surface area contributed by atoms with Crippen molar-refractivity contribution in [2.75, 3.05) is 13.2 Å². The van der Waals surface area contributed by atoms with E-state index in [1.807, 2.05) is 0 Å². The number of ether oxygens (including phenoxy) is 3. The molecule has 0 amide bonds. The van der Waals surface area contributed by atoms with Crippen LogP contribution in [0, 0.1) is 0 Å². The van der Waals surface area contributed by atoms with Crippen LogP contribution in [0.5, 0.6) is 0 Å². The Morgan fingerprint density at radius 3 is 0.794 bits per heavy atom. The molecule has 63 heavy (non-hydrogen) atoms. The Kier molecular flexibility index (Phi) is 51.2. The van der Waals surface area contributed by atoms with Crippen LogP contribution in [-0.2, 0) is 28.6 Å². The molecule has 0 heterocycles. The summed E-state index contributed by atoms with van der Waals surface area (Å²) >= 11 is 0. The lowest BCUT2D eigenvalue weighted by atomic mass is 10.0. The maximum atomic E-state index is 12.8. The van der Waals surface area contributed by atoms with Crippen molar-refractivity contribution >= 4 is 17.9 Å². The van der Waals surface area contributed by atoms with E-state index in [0.29, 0.717) is 19.3 Å². The second kappa shape index (κ2) is 52.8. The highest BCUT2D eigenvalue weighted by Crippen LogP contribution is 2.17. The van der Waals surface area contributed by atoms with Crippen molar-refractivity contribution in [1.82, 2.24) is 0 Å². The van der Waals surface area contributed by atoms with E-state index in [0.717, 1.165) is 57.8 Å². The average Bonchev–Trinajstić information content (AvgIpc) is 3.28. The third kappa shape index (κ3) is 51.0. The summed E-state index contributed by atoms with van der Waals surface area (Å²) in [6.45, 7) is 6.68. The van der Waals surface area contributed by atoms with Crippen molar-refractivity contribution in [3.8, 4) is 0 Å². The first-order valence-corrected chi connectivity index (χ1v) is 28.2. The Labute approximate surface area is 392 Å². The maximum absolute atomic E-state index is 12.8. The van der Waals surface area contributed by atoms with Crippen LogP contribution >= 0.6 is 0 Å². The Hall–Kier alpha value is -1.85. The minimum Gasteiger partial charge on any atom is -0.462 e. The summed E-state index contributed by atoms with van der Waals surface area (Å²) in [4.78, 5) is 38.1. The lowest BCUT2D eigenvalue weighted by molar-refractivity contribution is -0.167. The summed E-state index contributed by atoms with van der Waals surface area (Å²) in [5.41, 5.74) is 0. The van der Waals surface area contributed by atoms with Gasteiger partial charge in [-0.2, -0.15) is 0 Å². The molecule has 0 aromatic rings. The van der Waals surface area contributed by atoms with Crippen molar-refractivity contribution in [2.45, 2.75) is 322 Å². The molecule has 0 saturated carbocycles. The summed E-state index contributed by atoms with van der Waals surface area (Å²) in [7, 11) is 0. The van der Waals surface area contributed by atoms with E-state index in [4.69, 9.17) is 14.2 Å². The topological polar surface area (TPSA) is 78.9 Å². The van der Waals surface area contributed by atoms with Gasteiger partial charge in [0.2, 0.25) is 0 Å². The molecule has 0 aliphatic carbocycles. The molecular weight excluding hydrogens is 781 g/mol. The molecule has 0 N–H and O–H groups in total. The van der Waals surface area contributed by atoms with Gasteiger partial charge in [0.05, 0.1) is 0 Å². The van der Waals surface area contributed by atoms with Crippen molar-refractivity contribution in [2.24, 2.45) is 0 Å². The largest absolute Gasteiger partial charge is 0.462 e. The third-order valence-corrected chi connectivity index (χ3v) is 12.8. The molecule has 0 aromatic heterocycles. The van der Waals surface area contributed by atoms with Gasteiger partial charge in [-0.05, 0) is 44.9 Å². The summed E-state index contributed by atoms with van der Waals surface area (Å²) < 4.78 is 16.9. The van der Waals surface area contributed by atoms with E-state index in [1.165, 1.54) is 218 Å². The normalized spacial score (nSPS) is 12.0. The van der Waals surface area contributed by atoms with Gasteiger partial charge in [-0.25, -0.2) is 0 Å². The monoisotopic (exact) mass is 889 g/mol. The fourth-order valence-electron chi connectivity index (χ4n) is 8.50. The SMILES string of the molecule is CCCCCCCC/C=C\CCCCCCCCCC(=O)OCC(COC(=O)CCCCCCCCCCCCCCCC)OC(=O)CCCCCCCCCCCCCCCC. The van der Waals surface area contributed by atoms with Crippen LogP contribution < -0.4 is 0 Å². The van der Waals surface area contributed by atoms with Crippen LogP contribution in [0.4, 0.5) is 0 Å². The van der Waals surface area contributed by atoms with E-state index in [-0.39, 0.29) is 31.1 Å². The minimum absolute atomic E-state index is 0.0654. The highest BCUT2D eigenvalue weighted by Gasteiger charge is 2.19. The molecule has 6 nitrogen and oxygen atoms in total. The fourth-order valence-corrected chi connectivity index (χ4v) is 8.50. The highest BCUT2D eigenvalue weighted by atomic mass is 16.6. The smallest absolute Gasteiger partial charge is 0.306 e.